The molecule has 2 aromatic carbocycles. The zero-order valence-electron chi connectivity index (χ0n) is 20.5. The van der Waals surface area contributed by atoms with Crippen LogP contribution in [-0.2, 0) is 0 Å². The van der Waals surface area contributed by atoms with Gasteiger partial charge in [-0.15, -0.1) is 0 Å². The van der Waals surface area contributed by atoms with Crippen molar-refractivity contribution in [3.8, 4) is 34.9 Å². The molecule has 184 valence electrons. The Kier molecular flexibility index (Phi) is 6.40. The molecule has 8 nitrogen and oxygen atoms in total. The number of fused-ring (bicyclic) bond motifs is 1. The van der Waals surface area contributed by atoms with E-state index in [1.165, 1.54) is 0 Å². The summed E-state index contributed by atoms with van der Waals surface area (Å²) in [7, 11) is 4.71. The summed E-state index contributed by atoms with van der Waals surface area (Å²) in [6.07, 6.45) is 7.19. The van der Waals surface area contributed by atoms with Crippen LogP contribution in [-0.4, -0.2) is 46.6 Å². The molecule has 0 amide bonds. The van der Waals surface area contributed by atoms with E-state index in [1.54, 1.807) is 39.7 Å². The van der Waals surface area contributed by atoms with Gasteiger partial charge in [0.2, 0.25) is 11.7 Å². The lowest BCUT2D eigenvalue weighted by Crippen LogP contribution is -2.20. The van der Waals surface area contributed by atoms with E-state index in [1.807, 2.05) is 41.1 Å². The summed E-state index contributed by atoms with van der Waals surface area (Å²) >= 11 is 0. The number of nitrogens with one attached hydrogen (secondary N) is 1. The van der Waals surface area contributed by atoms with Gasteiger partial charge in [-0.05, 0) is 49.9 Å². The van der Waals surface area contributed by atoms with Crippen molar-refractivity contribution in [2.45, 2.75) is 31.3 Å². The summed E-state index contributed by atoms with van der Waals surface area (Å²) < 4.78 is 18.3. The lowest BCUT2D eigenvalue weighted by molar-refractivity contribution is 0.110. The number of benzene rings is 2. The average molecular weight is 485 g/mol. The van der Waals surface area contributed by atoms with E-state index < -0.39 is 5.60 Å². The van der Waals surface area contributed by atoms with Crippen LogP contribution in [0.2, 0.25) is 0 Å². The summed E-state index contributed by atoms with van der Waals surface area (Å²) in [5.74, 6) is 8.95. The van der Waals surface area contributed by atoms with Crippen molar-refractivity contribution >= 4 is 22.5 Å². The van der Waals surface area contributed by atoms with Crippen LogP contribution in [0.25, 0.3) is 16.7 Å². The van der Waals surface area contributed by atoms with E-state index in [-0.39, 0.29) is 0 Å². The zero-order chi connectivity index (χ0) is 25.1. The van der Waals surface area contributed by atoms with Crippen molar-refractivity contribution in [1.29, 1.82) is 0 Å². The van der Waals surface area contributed by atoms with Crippen LogP contribution < -0.4 is 19.5 Å². The van der Waals surface area contributed by atoms with E-state index in [0.717, 1.165) is 42.1 Å². The first-order valence-corrected chi connectivity index (χ1v) is 11.8. The molecule has 0 unspecified atom stereocenters. The molecule has 2 heterocycles. The Labute approximate surface area is 209 Å². The van der Waals surface area contributed by atoms with Crippen LogP contribution in [0.5, 0.6) is 17.2 Å². The molecule has 0 radical (unpaired) electrons. The number of ether oxygens (including phenoxy) is 3. The standard InChI is InChI=1S/C28H28N4O4/c1-34-23-17-21(18-24(35-2)26(23)36-3)30-27-29-14-9-25(31-27)32-15-10-20-7-6-19(16-22(20)32)8-13-28(33)11-4-5-12-28/h6-7,9-10,14-18,33H,4-5,11-12H2,1-3H3,(H,29,30,31). The predicted octanol–water partition coefficient (Wildman–Crippen LogP) is 4.85. The van der Waals surface area contributed by atoms with Gasteiger partial charge in [0.1, 0.15) is 11.4 Å². The third kappa shape index (κ3) is 4.66. The van der Waals surface area contributed by atoms with Gasteiger partial charge in [-0.25, -0.2) is 4.98 Å². The summed E-state index contributed by atoms with van der Waals surface area (Å²) in [5, 5.41) is 14.9. The molecule has 36 heavy (non-hydrogen) atoms. The predicted molar refractivity (Wildman–Crippen MR) is 139 cm³/mol. The number of hydrogen-bond donors (Lipinski definition) is 2. The maximum absolute atomic E-state index is 10.6. The minimum Gasteiger partial charge on any atom is -0.493 e. The number of anilines is 2. The van der Waals surface area contributed by atoms with Gasteiger partial charge in [0.15, 0.2) is 11.5 Å². The lowest BCUT2D eigenvalue weighted by Gasteiger charge is -2.15. The van der Waals surface area contributed by atoms with Crippen molar-refractivity contribution < 1.29 is 19.3 Å². The molecule has 0 bridgehead atoms. The van der Waals surface area contributed by atoms with Crippen LogP contribution in [0.3, 0.4) is 0 Å². The highest BCUT2D eigenvalue weighted by Gasteiger charge is 2.28. The van der Waals surface area contributed by atoms with Crippen molar-refractivity contribution in [2.24, 2.45) is 0 Å². The molecule has 5 rings (SSSR count). The molecule has 1 aliphatic rings. The first-order valence-electron chi connectivity index (χ1n) is 11.8. The van der Waals surface area contributed by atoms with Gasteiger partial charge in [-0.2, -0.15) is 4.98 Å². The van der Waals surface area contributed by atoms with E-state index in [0.29, 0.717) is 34.7 Å². The fraction of sp³-hybridized carbons (Fsp3) is 0.286. The van der Waals surface area contributed by atoms with Crippen LogP contribution in [0.4, 0.5) is 11.6 Å². The van der Waals surface area contributed by atoms with E-state index in [2.05, 4.69) is 22.1 Å². The molecule has 0 atom stereocenters. The van der Waals surface area contributed by atoms with Crippen LogP contribution in [0.15, 0.2) is 54.9 Å². The SMILES string of the molecule is COc1cc(Nc2nccc(-n3ccc4ccc(C#CC5(O)CCCC5)cc43)n2)cc(OC)c1OC. The molecule has 2 N–H and O–H groups in total. The third-order valence-electron chi connectivity index (χ3n) is 6.37. The van der Waals surface area contributed by atoms with Gasteiger partial charge < -0.3 is 29.2 Å². The van der Waals surface area contributed by atoms with Crippen molar-refractivity contribution in [2.75, 3.05) is 26.6 Å². The molecular weight excluding hydrogens is 456 g/mol. The van der Waals surface area contributed by atoms with E-state index in [9.17, 15) is 5.11 Å². The monoisotopic (exact) mass is 484 g/mol. The topological polar surface area (TPSA) is 90.7 Å². The minimum atomic E-state index is -0.864. The molecule has 8 heteroatoms. The average Bonchev–Trinajstić information content (AvgIpc) is 3.53. The molecule has 0 spiro atoms. The Bertz CT molecular complexity index is 1440. The normalized spacial score (nSPS) is 14.2. The van der Waals surface area contributed by atoms with Crippen LogP contribution in [0, 0.1) is 11.8 Å². The first-order chi connectivity index (χ1) is 17.5. The van der Waals surface area contributed by atoms with Gasteiger partial charge in [0, 0.05) is 41.2 Å². The van der Waals surface area contributed by atoms with Crippen LogP contribution >= 0.6 is 0 Å². The highest BCUT2D eigenvalue weighted by atomic mass is 16.5. The lowest BCUT2D eigenvalue weighted by atomic mass is 10.0. The molecule has 1 aliphatic carbocycles. The quantitative estimate of drug-likeness (QED) is 0.378. The van der Waals surface area contributed by atoms with E-state index in [4.69, 9.17) is 19.2 Å². The Morgan fingerprint density at radius 3 is 2.42 bits per heavy atom. The number of hydrogen-bond acceptors (Lipinski definition) is 7. The number of rotatable bonds is 6. The van der Waals surface area contributed by atoms with Crippen LogP contribution in [0.1, 0.15) is 31.2 Å². The molecule has 2 aromatic heterocycles. The molecule has 0 aliphatic heterocycles. The number of aliphatic hydroxyl groups is 1. The van der Waals surface area contributed by atoms with Gasteiger partial charge in [-0.1, -0.05) is 17.9 Å². The van der Waals surface area contributed by atoms with Crippen molar-refractivity contribution in [3.63, 3.8) is 0 Å². The third-order valence-corrected chi connectivity index (χ3v) is 6.37. The fourth-order valence-electron chi connectivity index (χ4n) is 4.51. The second kappa shape index (κ2) is 9.80. The van der Waals surface area contributed by atoms with Gasteiger partial charge in [0.25, 0.3) is 0 Å². The van der Waals surface area contributed by atoms with Crippen molar-refractivity contribution in [1.82, 2.24) is 14.5 Å². The summed E-state index contributed by atoms with van der Waals surface area (Å²) in [6.45, 7) is 0. The highest BCUT2D eigenvalue weighted by Crippen LogP contribution is 2.40. The van der Waals surface area contributed by atoms with Gasteiger partial charge in [0.05, 0.1) is 26.8 Å². The largest absolute Gasteiger partial charge is 0.493 e. The second-order valence-corrected chi connectivity index (χ2v) is 8.73. The number of nitrogens with zero attached hydrogens (tertiary/aromatic N) is 3. The van der Waals surface area contributed by atoms with Gasteiger partial charge in [-0.3, -0.25) is 0 Å². The molecular formula is C28H28N4O4. The fourth-order valence-corrected chi connectivity index (χ4v) is 4.51. The van der Waals surface area contributed by atoms with Gasteiger partial charge >= 0.3 is 0 Å². The minimum absolute atomic E-state index is 0.419. The highest BCUT2D eigenvalue weighted by molar-refractivity contribution is 5.83. The summed E-state index contributed by atoms with van der Waals surface area (Å²) in [4.78, 5) is 9.09. The first kappa shape index (κ1) is 23.5. The van der Waals surface area contributed by atoms with Crippen molar-refractivity contribution in [3.05, 3.63) is 60.4 Å². The molecule has 1 fully saturated rings. The number of methoxy groups -OCH3 is 3. The molecule has 4 aromatic rings. The Morgan fingerprint density at radius 1 is 0.972 bits per heavy atom. The summed E-state index contributed by atoms with van der Waals surface area (Å²) in [5.41, 5.74) is 1.66. The van der Waals surface area contributed by atoms with E-state index >= 15 is 0 Å². The maximum Gasteiger partial charge on any atom is 0.229 e. The Balaban J connectivity index is 1.46. The Morgan fingerprint density at radius 2 is 1.72 bits per heavy atom. The smallest absolute Gasteiger partial charge is 0.229 e. The second-order valence-electron chi connectivity index (χ2n) is 8.73. The Hall–Kier alpha value is -4.22. The maximum atomic E-state index is 10.6. The zero-order valence-corrected chi connectivity index (χ0v) is 20.5. The molecule has 1 saturated carbocycles. The summed E-state index contributed by atoms with van der Waals surface area (Å²) in [6, 6.07) is 13.5. The number of aromatic nitrogens is 3. The molecule has 0 saturated heterocycles.